The number of hydrogen-bond acceptors (Lipinski definition) is 3. The molecule has 24 heavy (non-hydrogen) atoms. The first-order valence-corrected chi connectivity index (χ1v) is 9.34. The molecule has 1 aromatic rings. The summed E-state index contributed by atoms with van der Waals surface area (Å²) < 4.78 is 64.5. The minimum Gasteiger partial charge on any atom is -0.385 e. The van der Waals surface area contributed by atoms with Crippen molar-refractivity contribution in [1.82, 2.24) is 4.31 Å². The van der Waals surface area contributed by atoms with Gasteiger partial charge in [-0.2, -0.15) is 13.2 Å². The summed E-state index contributed by atoms with van der Waals surface area (Å²) in [7, 11) is -3.45. The summed E-state index contributed by atoms with van der Waals surface area (Å²) in [5.74, 6) is 0. The van der Waals surface area contributed by atoms with Gasteiger partial charge in [0.15, 0.2) is 0 Å². The zero-order valence-corrected chi connectivity index (χ0v) is 14.8. The Kier molecular flexibility index (Phi) is 5.26. The van der Waals surface area contributed by atoms with Crippen LogP contribution in [0.2, 0.25) is 5.02 Å². The Balaban J connectivity index is 2.26. The van der Waals surface area contributed by atoms with E-state index < -0.39 is 37.6 Å². The second kappa shape index (κ2) is 6.48. The lowest BCUT2D eigenvalue weighted by molar-refractivity contribution is -0.137. The molecule has 1 aliphatic rings. The Morgan fingerprint density at radius 3 is 2.25 bits per heavy atom. The van der Waals surface area contributed by atoms with Crippen molar-refractivity contribution in [2.24, 2.45) is 0 Å². The molecule has 0 spiro atoms. The van der Waals surface area contributed by atoms with Gasteiger partial charge in [-0.25, -0.2) is 12.7 Å². The largest absolute Gasteiger partial charge is 0.417 e. The summed E-state index contributed by atoms with van der Waals surface area (Å²) >= 11 is 5.59. The molecule has 136 valence electrons. The van der Waals surface area contributed by atoms with Gasteiger partial charge in [-0.3, -0.25) is 0 Å². The van der Waals surface area contributed by atoms with Crippen LogP contribution in [0, 0.1) is 0 Å². The van der Waals surface area contributed by atoms with Gasteiger partial charge in [0.2, 0.25) is 10.0 Å². The number of benzene rings is 1. The van der Waals surface area contributed by atoms with Crippen molar-refractivity contribution in [1.29, 1.82) is 0 Å². The van der Waals surface area contributed by atoms with Crippen LogP contribution in [0.3, 0.4) is 0 Å². The van der Waals surface area contributed by atoms with Gasteiger partial charge in [0.25, 0.3) is 0 Å². The molecule has 4 nitrogen and oxygen atoms in total. The Morgan fingerprint density at radius 2 is 1.79 bits per heavy atom. The Labute approximate surface area is 144 Å². The molecule has 0 atom stereocenters. The quantitative estimate of drug-likeness (QED) is 0.867. The van der Waals surface area contributed by atoms with E-state index in [-0.39, 0.29) is 31.5 Å². The van der Waals surface area contributed by atoms with Crippen molar-refractivity contribution in [3.05, 3.63) is 34.3 Å². The molecular weight excluding hydrogens is 367 g/mol. The highest BCUT2D eigenvalue weighted by molar-refractivity contribution is 7.89. The van der Waals surface area contributed by atoms with Gasteiger partial charge in [0.05, 0.1) is 21.4 Å². The van der Waals surface area contributed by atoms with Crippen LogP contribution >= 0.6 is 11.6 Å². The molecule has 0 unspecified atom stereocenters. The molecule has 0 radical (unpaired) electrons. The standard InChI is InChI=1S/C15H19ClF3NO3S/c1-10(2)24(22,23)20-7-5-14(21,6-8-20)11-3-4-13(16)12(9-11)15(17,18)19/h3-4,9-10,21H,5-8H2,1-2H3. The molecular formula is C15H19ClF3NO3S. The van der Waals surface area contributed by atoms with E-state index >= 15 is 0 Å². The summed E-state index contributed by atoms with van der Waals surface area (Å²) in [5.41, 5.74) is -2.42. The maximum atomic E-state index is 13.0. The molecule has 1 fully saturated rings. The summed E-state index contributed by atoms with van der Waals surface area (Å²) in [6, 6.07) is 3.30. The summed E-state index contributed by atoms with van der Waals surface area (Å²) in [4.78, 5) is 0. The van der Waals surface area contributed by atoms with Crippen LogP contribution in [0.1, 0.15) is 37.8 Å². The second-order valence-electron chi connectivity index (χ2n) is 6.22. The van der Waals surface area contributed by atoms with Gasteiger partial charge < -0.3 is 5.11 Å². The topological polar surface area (TPSA) is 57.6 Å². The third kappa shape index (κ3) is 3.71. The van der Waals surface area contributed by atoms with Crippen LogP contribution in [0.15, 0.2) is 18.2 Å². The van der Waals surface area contributed by atoms with E-state index in [1.54, 1.807) is 13.8 Å². The van der Waals surface area contributed by atoms with Crippen molar-refractivity contribution in [3.8, 4) is 0 Å². The second-order valence-corrected chi connectivity index (χ2v) is 9.11. The average Bonchev–Trinajstić information content (AvgIpc) is 2.46. The highest BCUT2D eigenvalue weighted by atomic mass is 35.5. The number of halogens is 4. The lowest BCUT2D eigenvalue weighted by atomic mass is 9.84. The Bertz CT molecular complexity index is 711. The molecule has 1 aromatic carbocycles. The van der Waals surface area contributed by atoms with E-state index in [1.165, 1.54) is 10.4 Å². The highest BCUT2D eigenvalue weighted by Gasteiger charge is 2.40. The smallest absolute Gasteiger partial charge is 0.385 e. The number of sulfonamides is 1. The number of hydrogen-bond donors (Lipinski definition) is 1. The van der Waals surface area contributed by atoms with E-state index in [9.17, 15) is 26.7 Å². The van der Waals surface area contributed by atoms with Crippen molar-refractivity contribution in [2.75, 3.05) is 13.1 Å². The summed E-state index contributed by atoms with van der Waals surface area (Å²) in [6.45, 7) is 3.23. The van der Waals surface area contributed by atoms with Gasteiger partial charge in [-0.15, -0.1) is 0 Å². The van der Waals surface area contributed by atoms with Crippen molar-refractivity contribution in [2.45, 2.75) is 43.7 Å². The molecule has 1 heterocycles. The molecule has 0 saturated carbocycles. The number of nitrogens with zero attached hydrogens (tertiary/aromatic N) is 1. The zero-order chi connectivity index (χ0) is 18.3. The highest BCUT2D eigenvalue weighted by Crippen LogP contribution is 2.40. The number of aliphatic hydroxyl groups is 1. The molecule has 1 N–H and O–H groups in total. The lowest BCUT2D eigenvalue weighted by Crippen LogP contribution is -2.47. The fourth-order valence-corrected chi connectivity index (χ4v) is 4.24. The van der Waals surface area contributed by atoms with Crippen LogP contribution in [-0.4, -0.2) is 36.2 Å². The Morgan fingerprint density at radius 1 is 1.25 bits per heavy atom. The van der Waals surface area contributed by atoms with Gasteiger partial charge >= 0.3 is 6.18 Å². The zero-order valence-electron chi connectivity index (χ0n) is 13.3. The number of rotatable bonds is 3. The van der Waals surface area contributed by atoms with Crippen LogP contribution < -0.4 is 0 Å². The van der Waals surface area contributed by atoms with Crippen LogP contribution in [-0.2, 0) is 21.8 Å². The maximum Gasteiger partial charge on any atom is 0.417 e. The first-order valence-electron chi connectivity index (χ1n) is 7.46. The molecule has 0 aromatic heterocycles. The Hall–Kier alpha value is -0.830. The molecule has 2 rings (SSSR count). The summed E-state index contributed by atoms with van der Waals surface area (Å²) in [6.07, 6.45) is -4.57. The maximum absolute atomic E-state index is 13.0. The SMILES string of the molecule is CC(C)S(=O)(=O)N1CCC(O)(c2ccc(Cl)c(C(F)(F)F)c2)CC1. The predicted octanol–water partition coefficient (Wildman–Crippen LogP) is 3.38. The third-order valence-corrected chi connectivity index (χ3v) is 6.92. The van der Waals surface area contributed by atoms with Crippen molar-refractivity contribution < 1.29 is 26.7 Å². The fourth-order valence-electron chi connectivity index (χ4n) is 2.73. The van der Waals surface area contributed by atoms with Gasteiger partial charge in [-0.1, -0.05) is 17.7 Å². The van der Waals surface area contributed by atoms with Crippen LogP contribution in [0.5, 0.6) is 0 Å². The normalized spacial score (nSPS) is 19.7. The summed E-state index contributed by atoms with van der Waals surface area (Å²) in [5, 5.41) is 9.69. The van der Waals surface area contributed by atoms with Gasteiger partial charge in [0, 0.05) is 13.1 Å². The van der Waals surface area contributed by atoms with Gasteiger partial charge in [-0.05, 0) is 44.4 Å². The minimum atomic E-state index is -4.62. The molecule has 0 aliphatic carbocycles. The number of alkyl halides is 3. The van der Waals surface area contributed by atoms with E-state index in [0.29, 0.717) is 0 Å². The predicted molar refractivity (Wildman–Crippen MR) is 85.2 cm³/mol. The molecule has 9 heteroatoms. The van der Waals surface area contributed by atoms with E-state index in [1.807, 2.05) is 0 Å². The fraction of sp³-hybridized carbons (Fsp3) is 0.600. The van der Waals surface area contributed by atoms with Crippen molar-refractivity contribution in [3.63, 3.8) is 0 Å². The minimum absolute atomic E-state index is 0.0257. The third-order valence-electron chi connectivity index (χ3n) is 4.31. The van der Waals surface area contributed by atoms with Crippen molar-refractivity contribution >= 4 is 21.6 Å². The number of piperidine rings is 1. The van der Waals surface area contributed by atoms with E-state index in [2.05, 4.69) is 0 Å². The lowest BCUT2D eigenvalue weighted by Gasteiger charge is -2.38. The molecule has 0 amide bonds. The first-order chi connectivity index (χ1) is 10.9. The van der Waals surface area contributed by atoms with E-state index in [0.717, 1.165) is 12.1 Å². The average molecular weight is 386 g/mol. The molecule has 0 bridgehead atoms. The monoisotopic (exact) mass is 385 g/mol. The van der Waals surface area contributed by atoms with E-state index in [4.69, 9.17) is 11.6 Å². The van der Waals surface area contributed by atoms with Crippen LogP contribution in [0.4, 0.5) is 13.2 Å². The van der Waals surface area contributed by atoms with Crippen LogP contribution in [0.25, 0.3) is 0 Å². The molecule has 1 saturated heterocycles. The molecule has 1 aliphatic heterocycles. The first kappa shape index (κ1) is 19.5. The van der Waals surface area contributed by atoms with Gasteiger partial charge in [0.1, 0.15) is 0 Å².